The van der Waals surface area contributed by atoms with Gasteiger partial charge in [0.1, 0.15) is 6.17 Å². The molecule has 1 atom stereocenters. The van der Waals surface area contributed by atoms with Crippen LogP contribution in [0.5, 0.6) is 0 Å². The van der Waals surface area contributed by atoms with Gasteiger partial charge in [-0.05, 0) is 18.4 Å². The SMILES string of the molecule is CCCCCCCCCCCCCCCCCCCN1C=CN(CCCCCCCC)C1c1ccccc1. The van der Waals surface area contributed by atoms with E-state index in [0.717, 1.165) is 0 Å². The van der Waals surface area contributed by atoms with Crippen LogP contribution in [0.25, 0.3) is 0 Å². The highest BCUT2D eigenvalue weighted by Gasteiger charge is 2.26. The van der Waals surface area contributed by atoms with Crippen LogP contribution in [0.15, 0.2) is 42.7 Å². The molecule has 0 spiro atoms. The number of hydrogen-bond donors (Lipinski definition) is 0. The fourth-order valence-electron chi connectivity index (χ4n) is 6.02. The Hall–Kier alpha value is -1.44. The van der Waals surface area contributed by atoms with E-state index in [1.807, 2.05) is 0 Å². The van der Waals surface area contributed by atoms with Gasteiger partial charge in [-0.15, -0.1) is 0 Å². The van der Waals surface area contributed by atoms with Crippen LogP contribution in [0, 0.1) is 0 Å². The van der Waals surface area contributed by atoms with Crippen molar-refractivity contribution in [2.24, 2.45) is 0 Å². The Labute approximate surface area is 238 Å². The van der Waals surface area contributed by atoms with Gasteiger partial charge < -0.3 is 9.80 Å². The molecule has 0 aliphatic carbocycles. The van der Waals surface area contributed by atoms with Gasteiger partial charge in [-0.3, -0.25) is 0 Å². The van der Waals surface area contributed by atoms with Crippen molar-refractivity contribution in [3.05, 3.63) is 48.3 Å². The van der Waals surface area contributed by atoms with E-state index in [0.29, 0.717) is 6.17 Å². The first-order valence-corrected chi connectivity index (χ1v) is 17.1. The van der Waals surface area contributed by atoms with Crippen LogP contribution in [0.1, 0.15) is 173 Å². The van der Waals surface area contributed by atoms with Crippen LogP contribution in [-0.2, 0) is 0 Å². The molecule has 0 fully saturated rings. The topological polar surface area (TPSA) is 6.48 Å². The smallest absolute Gasteiger partial charge is 0.127 e. The fourth-order valence-corrected chi connectivity index (χ4v) is 6.02. The molecule has 2 nitrogen and oxygen atoms in total. The predicted molar refractivity (Wildman–Crippen MR) is 169 cm³/mol. The van der Waals surface area contributed by atoms with E-state index in [9.17, 15) is 0 Å². The molecule has 0 radical (unpaired) electrons. The summed E-state index contributed by atoms with van der Waals surface area (Å²) in [7, 11) is 0. The third kappa shape index (κ3) is 15.2. The second-order valence-corrected chi connectivity index (χ2v) is 12.0. The third-order valence-electron chi connectivity index (χ3n) is 8.47. The molecule has 0 bridgehead atoms. The standard InChI is InChI=1S/C36H64N2/c1-3-5-7-9-11-12-13-14-15-16-17-18-19-20-21-23-28-32-38-34-33-37(31-27-22-10-8-6-4-2)36(38)35-29-25-24-26-30-35/h24-26,29-30,33-34,36H,3-23,27-28,31-32H2,1-2H3. The molecule has 1 aliphatic heterocycles. The molecular formula is C36H64N2. The first kappa shape index (κ1) is 32.8. The van der Waals surface area contributed by atoms with Crippen LogP contribution in [0.3, 0.4) is 0 Å². The van der Waals surface area contributed by atoms with Gasteiger partial charge in [-0.2, -0.15) is 0 Å². The minimum atomic E-state index is 0.396. The van der Waals surface area contributed by atoms with Gasteiger partial charge in [-0.25, -0.2) is 0 Å². The number of nitrogens with zero attached hydrogens (tertiary/aromatic N) is 2. The Morgan fingerprint density at radius 3 is 1.08 bits per heavy atom. The quantitative estimate of drug-likeness (QED) is 0.111. The largest absolute Gasteiger partial charge is 0.352 e. The Bertz CT molecular complexity index is 655. The average molecular weight is 525 g/mol. The highest BCUT2D eigenvalue weighted by Crippen LogP contribution is 2.31. The summed E-state index contributed by atoms with van der Waals surface area (Å²) in [5, 5.41) is 0. The van der Waals surface area contributed by atoms with Crippen LogP contribution >= 0.6 is 0 Å². The monoisotopic (exact) mass is 525 g/mol. The van der Waals surface area contributed by atoms with E-state index in [2.05, 4.69) is 66.4 Å². The van der Waals surface area contributed by atoms with Crippen LogP contribution in [-0.4, -0.2) is 22.9 Å². The van der Waals surface area contributed by atoms with Gasteiger partial charge in [-0.1, -0.05) is 179 Å². The number of unbranched alkanes of at least 4 members (excludes halogenated alkanes) is 21. The Kier molecular flexibility index (Phi) is 20.2. The summed E-state index contributed by atoms with van der Waals surface area (Å²) in [6.45, 7) is 6.96. The molecule has 218 valence electrons. The number of hydrogen-bond acceptors (Lipinski definition) is 2. The summed E-state index contributed by atoms with van der Waals surface area (Å²) in [6, 6.07) is 11.2. The highest BCUT2D eigenvalue weighted by atomic mass is 15.4. The van der Waals surface area contributed by atoms with E-state index in [1.165, 1.54) is 166 Å². The summed E-state index contributed by atoms with van der Waals surface area (Å²) < 4.78 is 0. The molecule has 38 heavy (non-hydrogen) atoms. The minimum absolute atomic E-state index is 0.396. The molecule has 1 unspecified atom stereocenters. The van der Waals surface area contributed by atoms with Gasteiger partial charge in [0.25, 0.3) is 0 Å². The maximum absolute atomic E-state index is 2.59. The normalized spacial score (nSPS) is 15.2. The van der Waals surface area contributed by atoms with Gasteiger partial charge in [0.05, 0.1) is 0 Å². The van der Waals surface area contributed by atoms with Crippen molar-refractivity contribution in [2.45, 2.75) is 168 Å². The van der Waals surface area contributed by atoms with Crippen molar-refractivity contribution in [3.8, 4) is 0 Å². The lowest BCUT2D eigenvalue weighted by atomic mass is 10.0. The molecule has 1 aliphatic rings. The molecule has 1 aromatic carbocycles. The number of rotatable bonds is 26. The summed E-state index contributed by atoms with van der Waals surface area (Å²) >= 11 is 0. The molecular weight excluding hydrogens is 460 g/mol. The molecule has 0 amide bonds. The van der Waals surface area contributed by atoms with E-state index in [4.69, 9.17) is 0 Å². The lowest BCUT2D eigenvalue weighted by Crippen LogP contribution is -2.32. The van der Waals surface area contributed by atoms with Crippen LogP contribution in [0.2, 0.25) is 0 Å². The molecule has 1 aromatic rings. The van der Waals surface area contributed by atoms with Crippen molar-refractivity contribution in [1.82, 2.24) is 9.80 Å². The lowest BCUT2D eigenvalue weighted by molar-refractivity contribution is 0.149. The minimum Gasteiger partial charge on any atom is -0.352 e. The summed E-state index contributed by atoms with van der Waals surface area (Å²) in [4.78, 5) is 5.18. The van der Waals surface area contributed by atoms with E-state index in [-0.39, 0.29) is 0 Å². The van der Waals surface area contributed by atoms with Gasteiger partial charge in [0, 0.05) is 25.5 Å². The van der Waals surface area contributed by atoms with Crippen LogP contribution in [0.4, 0.5) is 0 Å². The summed E-state index contributed by atoms with van der Waals surface area (Å²) in [5.74, 6) is 0. The molecule has 2 heteroatoms. The number of benzene rings is 1. The van der Waals surface area contributed by atoms with Crippen molar-refractivity contribution >= 4 is 0 Å². The molecule has 0 saturated heterocycles. The van der Waals surface area contributed by atoms with Crippen molar-refractivity contribution in [2.75, 3.05) is 13.1 Å². The second kappa shape index (κ2) is 23.4. The maximum Gasteiger partial charge on any atom is 0.127 e. The van der Waals surface area contributed by atoms with Gasteiger partial charge in [0.15, 0.2) is 0 Å². The van der Waals surface area contributed by atoms with Gasteiger partial charge in [0.2, 0.25) is 0 Å². The Morgan fingerprint density at radius 2 is 0.737 bits per heavy atom. The molecule has 2 rings (SSSR count). The van der Waals surface area contributed by atoms with E-state index >= 15 is 0 Å². The van der Waals surface area contributed by atoms with E-state index < -0.39 is 0 Å². The average Bonchev–Trinajstić information content (AvgIpc) is 3.35. The maximum atomic E-state index is 2.59. The fraction of sp³-hybridized carbons (Fsp3) is 0.778. The van der Waals surface area contributed by atoms with Gasteiger partial charge >= 0.3 is 0 Å². The zero-order chi connectivity index (χ0) is 26.9. The zero-order valence-corrected chi connectivity index (χ0v) is 25.7. The second-order valence-electron chi connectivity index (χ2n) is 12.0. The Morgan fingerprint density at radius 1 is 0.421 bits per heavy atom. The third-order valence-corrected chi connectivity index (χ3v) is 8.47. The van der Waals surface area contributed by atoms with Crippen LogP contribution < -0.4 is 0 Å². The van der Waals surface area contributed by atoms with E-state index in [1.54, 1.807) is 0 Å². The molecule has 0 N–H and O–H groups in total. The van der Waals surface area contributed by atoms with Crippen molar-refractivity contribution in [1.29, 1.82) is 0 Å². The molecule has 1 heterocycles. The summed E-state index contributed by atoms with van der Waals surface area (Å²) in [5.41, 5.74) is 1.44. The first-order chi connectivity index (χ1) is 18.9. The summed E-state index contributed by atoms with van der Waals surface area (Å²) in [6.07, 6.45) is 37.7. The van der Waals surface area contributed by atoms with Crippen molar-refractivity contribution < 1.29 is 0 Å². The molecule has 0 aromatic heterocycles. The molecule has 0 saturated carbocycles. The van der Waals surface area contributed by atoms with Crippen molar-refractivity contribution in [3.63, 3.8) is 0 Å². The first-order valence-electron chi connectivity index (χ1n) is 17.1. The Balaban J connectivity index is 1.49. The lowest BCUT2D eigenvalue weighted by Gasteiger charge is -2.33. The zero-order valence-electron chi connectivity index (χ0n) is 25.7. The predicted octanol–water partition coefficient (Wildman–Crippen LogP) is 11.8. The highest BCUT2D eigenvalue weighted by molar-refractivity contribution is 5.21.